The van der Waals surface area contributed by atoms with Crippen LogP contribution < -0.4 is 5.32 Å². The molecule has 0 heterocycles. The maximum Gasteiger partial charge on any atom is 0.323 e. The normalized spacial score (nSPS) is 23.8. The average molecular weight is 289 g/mol. The van der Waals surface area contributed by atoms with Crippen molar-refractivity contribution < 1.29 is 14.6 Å². The molecule has 21 heavy (non-hydrogen) atoms. The molecule has 0 saturated carbocycles. The minimum atomic E-state index is -0.472. The van der Waals surface area contributed by atoms with Crippen molar-refractivity contribution in [3.8, 4) is 0 Å². The third-order valence-electron chi connectivity index (χ3n) is 3.79. The molecule has 0 aliphatic heterocycles. The summed E-state index contributed by atoms with van der Waals surface area (Å²) in [4.78, 5) is 12.2. The molecule has 0 aromatic heterocycles. The quantitative estimate of drug-likeness (QED) is 0.622. The fourth-order valence-electron chi connectivity index (χ4n) is 2.66. The van der Waals surface area contributed by atoms with Crippen LogP contribution in [0.25, 0.3) is 0 Å². The number of hydrogen-bond donors (Lipinski definition) is 2. The first-order valence-electron chi connectivity index (χ1n) is 7.45. The number of hydrogen-bond acceptors (Lipinski definition) is 4. The van der Waals surface area contributed by atoms with E-state index in [4.69, 9.17) is 4.74 Å². The van der Waals surface area contributed by atoms with Gasteiger partial charge in [-0.3, -0.25) is 10.1 Å². The molecular weight excluding hydrogens is 266 g/mol. The second-order valence-electron chi connectivity index (χ2n) is 5.38. The summed E-state index contributed by atoms with van der Waals surface area (Å²) in [6.07, 6.45) is 3.72. The Bertz CT molecular complexity index is 486. The topological polar surface area (TPSA) is 58.6 Å². The number of aliphatic hydroxyl groups excluding tert-OH is 1. The van der Waals surface area contributed by atoms with E-state index < -0.39 is 12.1 Å². The van der Waals surface area contributed by atoms with E-state index in [9.17, 15) is 9.90 Å². The lowest BCUT2D eigenvalue weighted by Gasteiger charge is -2.26. The van der Waals surface area contributed by atoms with Crippen LogP contribution in [0.5, 0.6) is 0 Å². The second-order valence-corrected chi connectivity index (χ2v) is 5.38. The van der Waals surface area contributed by atoms with Gasteiger partial charge in [0.1, 0.15) is 6.04 Å². The van der Waals surface area contributed by atoms with Gasteiger partial charge < -0.3 is 9.84 Å². The molecule has 1 unspecified atom stereocenters. The summed E-state index contributed by atoms with van der Waals surface area (Å²) in [6, 6.07) is 9.58. The highest BCUT2D eigenvalue weighted by molar-refractivity contribution is 5.76. The van der Waals surface area contributed by atoms with E-state index in [1.54, 1.807) is 13.0 Å². The molecule has 1 aromatic rings. The molecule has 2 rings (SSSR count). The van der Waals surface area contributed by atoms with Gasteiger partial charge in [-0.05, 0) is 25.8 Å². The van der Waals surface area contributed by atoms with E-state index in [2.05, 4.69) is 5.32 Å². The van der Waals surface area contributed by atoms with Crippen LogP contribution in [0.2, 0.25) is 0 Å². The number of rotatable bonds is 6. The van der Waals surface area contributed by atoms with Crippen molar-refractivity contribution in [3.05, 3.63) is 48.0 Å². The predicted octanol–water partition coefficient (Wildman–Crippen LogP) is 2.21. The lowest BCUT2D eigenvalue weighted by atomic mass is 9.96. The first-order chi connectivity index (χ1) is 10.1. The summed E-state index contributed by atoms with van der Waals surface area (Å²) in [5.41, 5.74) is 1.12. The molecule has 0 spiro atoms. The maximum atomic E-state index is 12.2. The Morgan fingerprint density at radius 1 is 1.38 bits per heavy atom. The SMILES string of the molecule is CCOC(=O)C(N[C@@H](C)c1ccccc1)[C@@H]1C=C[C@@H](O)C1. The molecule has 4 atom stereocenters. The Kier molecular flexibility index (Phi) is 5.53. The van der Waals surface area contributed by atoms with Gasteiger partial charge in [-0.15, -0.1) is 0 Å². The lowest BCUT2D eigenvalue weighted by molar-refractivity contribution is -0.147. The Morgan fingerprint density at radius 3 is 2.67 bits per heavy atom. The summed E-state index contributed by atoms with van der Waals surface area (Å²) in [5.74, 6) is -0.297. The Labute approximate surface area is 125 Å². The highest BCUT2D eigenvalue weighted by atomic mass is 16.5. The van der Waals surface area contributed by atoms with Crippen molar-refractivity contribution in [1.29, 1.82) is 0 Å². The summed E-state index contributed by atoms with van der Waals surface area (Å²) in [5, 5.41) is 13.0. The van der Waals surface area contributed by atoms with Gasteiger partial charge in [0.05, 0.1) is 12.7 Å². The number of benzene rings is 1. The predicted molar refractivity (Wildman–Crippen MR) is 81.7 cm³/mol. The van der Waals surface area contributed by atoms with Crippen molar-refractivity contribution >= 4 is 5.97 Å². The van der Waals surface area contributed by atoms with Crippen LogP contribution in [0.15, 0.2) is 42.5 Å². The monoisotopic (exact) mass is 289 g/mol. The van der Waals surface area contributed by atoms with Gasteiger partial charge in [-0.25, -0.2) is 0 Å². The van der Waals surface area contributed by atoms with Gasteiger partial charge in [-0.2, -0.15) is 0 Å². The zero-order chi connectivity index (χ0) is 15.2. The standard InChI is InChI=1S/C17H23NO3/c1-3-21-17(20)16(14-9-10-15(19)11-14)18-12(2)13-7-5-4-6-8-13/h4-10,12,14-16,18-19H,3,11H2,1-2H3/t12-,14+,15+,16?/m0/s1. The summed E-state index contributed by atoms with van der Waals surface area (Å²) in [6.45, 7) is 4.18. The number of nitrogens with one attached hydrogen (secondary N) is 1. The molecule has 0 saturated heterocycles. The van der Waals surface area contributed by atoms with Gasteiger partial charge >= 0.3 is 5.97 Å². The first-order valence-corrected chi connectivity index (χ1v) is 7.45. The van der Waals surface area contributed by atoms with E-state index in [1.165, 1.54) is 0 Å². The van der Waals surface area contributed by atoms with E-state index in [0.29, 0.717) is 13.0 Å². The second kappa shape index (κ2) is 7.38. The molecule has 114 valence electrons. The largest absolute Gasteiger partial charge is 0.465 e. The minimum absolute atomic E-state index is 0.0340. The van der Waals surface area contributed by atoms with Crippen LogP contribution in [-0.2, 0) is 9.53 Å². The zero-order valence-corrected chi connectivity index (χ0v) is 12.5. The fraction of sp³-hybridized carbons (Fsp3) is 0.471. The highest BCUT2D eigenvalue weighted by Crippen LogP contribution is 2.24. The molecular formula is C17H23NO3. The van der Waals surface area contributed by atoms with Crippen molar-refractivity contribution in [2.45, 2.75) is 38.5 Å². The van der Waals surface area contributed by atoms with Gasteiger partial charge in [0.15, 0.2) is 0 Å². The molecule has 1 aromatic carbocycles. The molecule has 1 aliphatic carbocycles. The molecule has 4 heteroatoms. The molecule has 0 amide bonds. The van der Waals surface area contributed by atoms with Gasteiger partial charge in [-0.1, -0.05) is 42.5 Å². The number of aliphatic hydroxyl groups is 1. The molecule has 0 bridgehead atoms. The van der Waals surface area contributed by atoms with Gasteiger partial charge in [0.2, 0.25) is 0 Å². The number of carbonyl (C=O) groups is 1. The Hall–Kier alpha value is -1.65. The molecule has 1 aliphatic rings. The van der Waals surface area contributed by atoms with Crippen LogP contribution in [-0.4, -0.2) is 29.8 Å². The summed E-state index contributed by atoms with van der Waals surface area (Å²) >= 11 is 0. The minimum Gasteiger partial charge on any atom is -0.465 e. The average Bonchev–Trinajstić information content (AvgIpc) is 2.92. The van der Waals surface area contributed by atoms with Crippen LogP contribution in [0.1, 0.15) is 31.9 Å². The molecule has 4 nitrogen and oxygen atoms in total. The third-order valence-corrected chi connectivity index (χ3v) is 3.79. The molecule has 2 N–H and O–H groups in total. The van der Waals surface area contributed by atoms with Crippen molar-refractivity contribution in [2.24, 2.45) is 5.92 Å². The summed E-state index contributed by atoms with van der Waals surface area (Å²) < 4.78 is 5.17. The first kappa shape index (κ1) is 15.7. The molecule has 0 fully saturated rings. The van der Waals surface area contributed by atoms with Crippen LogP contribution in [0.4, 0.5) is 0 Å². The van der Waals surface area contributed by atoms with Crippen LogP contribution in [0.3, 0.4) is 0 Å². The van der Waals surface area contributed by atoms with Gasteiger partial charge in [0.25, 0.3) is 0 Å². The van der Waals surface area contributed by atoms with Gasteiger partial charge in [0, 0.05) is 12.0 Å². The third kappa shape index (κ3) is 4.16. The smallest absolute Gasteiger partial charge is 0.323 e. The molecule has 0 radical (unpaired) electrons. The van der Waals surface area contributed by atoms with Crippen molar-refractivity contribution in [3.63, 3.8) is 0 Å². The zero-order valence-electron chi connectivity index (χ0n) is 12.5. The van der Waals surface area contributed by atoms with E-state index >= 15 is 0 Å². The number of esters is 1. The number of carbonyl (C=O) groups excluding carboxylic acids is 1. The number of ether oxygens (including phenoxy) is 1. The fourth-order valence-corrected chi connectivity index (χ4v) is 2.66. The van der Waals surface area contributed by atoms with E-state index in [-0.39, 0.29) is 17.9 Å². The van der Waals surface area contributed by atoms with Crippen LogP contribution in [0, 0.1) is 5.92 Å². The summed E-state index contributed by atoms with van der Waals surface area (Å²) in [7, 11) is 0. The Balaban J connectivity index is 2.08. The van der Waals surface area contributed by atoms with Crippen molar-refractivity contribution in [2.75, 3.05) is 6.61 Å². The van der Waals surface area contributed by atoms with Crippen LogP contribution >= 0.6 is 0 Å². The van der Waals surface area contributed by atoms with E-state index in [1.807, 2.05) is 43.3 Å². The van der Waals surface area contributed by atoms with E-state index in [0.717, 1.165) is 5.56 Å². The lowest BCUT2D eigenvalue weighted by Crippen LogP contribution is -2.44. The Morgan fingerprint density at radius 2 is 2.10 bits per heavy atom. The van der Waals surface area contributed by atoms with Crippen molar-refractivity contribution in [1.82, 2.24) is 5.32 Å². The highest BCUT2D eigenvalue weighted by Gasteiger charge is 2.32. The maximum absolute atomic E-state index is 12.2.